The zero-order chi connectivity index (χ0) is 19.0. The Hall–Kier alpha value is -3.13. The standard InChI is InChI=1S/C26H22N2/c1-15-7-6-8-16(2)23(15)22-13-18-11-12-19-14-27-26-21-10-5-4-9-20(21)24(17(22)3)25(18)28(19)26/h4-10,13-14H,11-12H2,1-3H3. The van der Waals surface area contributed by atoms with E-state index in [0.29, 0.717) is 0 Å². The molecular formula is C26H22N2. The first-order valence-electron chi connectivity index (χ1n) is 10.0. The maximum atomic E-state index is 4.80. The maximum Gasteiger partial charge on any atom is 0.145 e. The van der Waals surface area contributed by atoms with Gasteiger partial charge in [-0.2, -0.15) is 0 Å². The fraction of sp³-hybridized carbons (Fsp3) is 0.192. The van der Waals surface area contributed by atoms with Crippen LogP contribution in [0.2, 0.25) is 0 Å². The molecule has 136 valence electrons. The van der Waals surface area contributed by atoms with Crippen molar-refractivity contribution in [3.8, 4) is 11.1 Å². The first-order chi connectivity index (χ1) is 13.6. The molecule has 0 fully saturated rings. The van der Waals surface area contributed by atoms with Gasteiger partial charge in [-0.25, -0.2) is 4.98 Å². The van der Waals surface area contributed by atoms with Crippen LogP contribution in [0.15, 0.2) is 54.7 Å². The van der Waals surface area contributed by atoms with Gasteiger partial charge in [-0.3, -0.25) is 4.40 Å². The number of aromatic nitrogens is 2. The van der Waals surface area contributed by atoms with Crippen LogP contribution in [0.25, 0.3) is 38.4 Å². The molecule has 0 radical (unpaired) electrons. The highest BCUT2D eigenvalue weighted by atomic mass is 15.0. The molecule has 0 aliphatic carbocycles. The zero-order valence-corrected chi connectivity index (χ0v) is 16.5. The summed E-state index contributed by atoms with van der Waals surface area (Å²) in [6.45, 7) is 6.75. The van der Waals surface area contributed by atoms with Crippen molar-refractivity contribution in [3.05, 3.63) is 82.7 Å². The molecule has 0 bridgehead atoms. The van der Waals surface area contributed by atoms with E-state index in [1.807, 2.05) is 0 Å². The van der Waals surface area contributed by atoms with Crippen LogP contribution in [0.4, 0.5) is 0 Å². The lowest BCUT2D eigenvalue weighted by Gasteiger charge is -2.23. The van der Waals surface area contributed by atoms with Gasteiger partial charge in [-0.1, -0.05) is 42.5 Å². The third-order valence-electron chi connectivity index (χ3n) is 6.54. The lowest BCUT2D eigenvalue weighted by atomic mass is 9.86. The lowest BCUT2D eigenvalue weighted by molar-refractivity contribution is 0.876. The van der Waals surface area contributed by atoms with Crippen molar-refractivity contribution < 1.29 is 0 Å². The molecule has 3 heterocycles. The van der Waals surface area contributed by atoms with E-state index in [1.54, 1.807) is 0 Å². The van der Waals surface area contributed by atoms with Gasteiger partial charge in [0.05, 0.1) is 5.52 Å². The van der Waals surface area contributed by atoms with E-state index >= 15 is 0 Å². The Kier molecular flexibility index (Phi) is 3.09. The Bertz CT molecular complexity index is 1420. The monoisotopic (exact) mass is 362 g/mol. The number of fused-ring (bicyclic) bond motifs is 3. The average Bonchev–Trinajstić information content (AvgIpc) is 3.13. The fourth-order valence-corrected chi connectivity index (χ4v) is 5.26. The molecule has 2 aromatic heterocycles. The lowest BCUT2D eigenvalue weighted by Crippen LogP contribution is -2.09. The molecular weight excluding hydrogens is 340 g/mol. The van der Waals surface area contributed by atoms with E-state index in [0.717, 1.165) is 18.5 Å². The number of aryl methyl sites for hydroxylation is 5. The third kappa shape index (κ3) is 1.90. The van der Waals surface area contributed by atoms with E-state index in [9.17, 15) is 0 Å². The highest BCUT2D eigenvalue weighted by Crippen LogP contribution is 2.41. The minimum atomic E-state index is 1.05. The van der Waals surface area contributed by atoms with Crippen LogP contribution in [-0.4, -0.2) is 9.38 Å². The van der Waals surface area contributed by atoms with Crippen molar-refractivity contribution in [1.82, 2.24) is 9.38 Å². The summed E-state index contributed by atoms with van der Waals surface area (Å²) in [5.74, 6) is 0. The van der Waals surface area contributed by atoms with Gasteiger partial charge in [0.2, 0.25) is 0 Å². The van der Waals surface area contributed by atoms with Crippen molar-refractivity contribution in [2.75, 3.05) is 0 Å². The molecule has 1 aliphatic heterocycles. The van der Waals surface area contributed by atoms with Crippen molar-refractivity contribution in [2.45, 2.75) is 33.6 Å². The number of rotatable bonds is 1. The summed E-state index contributed by atoms with van der Waals surface area (Å²) in [5.41, 5.74) is 12.1. The molecule has 1 aliphatic rings. The number of hydrogen-bond acceptors (Lipinski definition) is 1. The van der Waals surface area contributed by atoms with Crippen LogP contribution in [-0.2, 0) is 12.8 Å². The molecule has 0 spiro atoms. The van der Waals surface area contributed by atoms with Gasteiger partial charge in [0.1, 0.15) is 5.65 Å². The number of imidazole rings is 1. The first-order valence-corrected chi connectivity index (χ1v) is 10.0. The summed E-state index contributed by atoms with van der Waals surface area (Å²) < 4.78 is 2.41. The number of hydrogen-bond donors (Lipinski definition) is 0. The number of benzene rings is 3. The van der Waals surface area contributed by atoms with E-state index < -0.39 is 0 Å². The molecule has 0 amide bonds. The van der Waals surface area contributed by atoms with Gasteiger partial charge in [-0.05, 0) is 78.4 Å². The molecule has 2 heteroatoms. The molecule has 0 saturated carbocycles. The van der Waals surface area contributed by atoms with Crippen LogP contribution in [0, 0.1) is 20.8 Å². The number of pyridine rings is 1. The van der Waals surface area contributed by atoms with Crippen LogP contribution >= 0.6 is 0 Å². The molecule has 5 aromatic rings. The molecule has 0 saturated heterocycles. The predicted molar refractivity (Wildman–Crippen MR) is 117 cm³/mol. The maximum absolute atomic E-state index is 4.80. The normalized spacial score (nSPS) is 13.2. The minimum absolute atomic E-state index is 1.05. The van der Waals surface area contributed by atoms with Crippen molar-refractivity contribution in [3.63, 3.8) is 0 Å². The number of nitrogens with zero attached hydrogens (tertiary/aromatic N) is 2. The van der Waals surface area contributed by atoms with Crippen molar-refractivity contribution in [1.29, 1.82) is 0 Å². The highest BCUT2D eigenvalue weighted by molar-refractivity contribution is 6.15. The molecule has 2 nitrogen and oxygen atoms in total. The van der Waals surface area contributed by atoms with Gasteiger partial charge >= 0.3 is 0 Å². The third-order valence-corrected chi connectivity index (χ3v) is 6.54. The van der Waals surface area contributed by atoms with Crippen LogP contribution in [0.5, 0.6) is 0 Å². The summed E-state index contributed by atoms with van der Waals surface area (Å²) in [4.78, 5) is 4.80. The van der Waals surface area contributed by atoms with Crippen LogP contribution in [0.1, 0.15) is 27.9 Å². The van der Waals surface area contributed by atoms with Crippen molar-refractivity contribution >= 4 is 27.3 Å². The van der Waals surface area contributed by atoms with Crippen LogP contribution < -0.4 is 0 Å². The Morgan fingerprint density at radius 3 is 2.39 bits per heavy atom. The average molecular weight is 362 g/mol. The van der Waals surface area contributed by atoms with Crippen LogP contribution in [0.3, 0.4) is 0 Å². The quantitative estimate of drug-likeness (QED) is 0.318. The van der Waals surface area contributed by atoms with Gasteiger partial charge in [0.15, 0.2) is 0 Å². The smallest absolute Gasteiger partial charge is 0.145 e. The van der Waals surface area contributed by atoms with Gasteiger partial charge in [0, 0.05) is 22.7 Å². The summed E-state index contributed by atoms with van der Waals surface area (Å²) in [6.07, 6.45) is 4.20. The molecule has 3 aromatic carbocycles. The van der Waals surface area contributed by atoms with E-state index in [1.165, 1.54) is 60.8 Å². The fourth-order valence-electron chi connectivity index (χ4n) is 5.26. The molecule has 0 unspecified atom stereocenters. The van der Waals surface area contributed by atoms with E-state index in [4.69, 9.17) is 4.98 Å². The second kappa shape index (κ2) is 5.45. The first kappa shape index (κ1) is 15.9. The summed E-state index contributed by atoms with van der Waals surface area (Å²) in [7, 11) is 0. The van der Waals surface area contributed by atoms with Gasteiger partial charge in [-0.15, -0.1) is 0 Å². The molecule has 0 atom stereocenters. The zero-order valence-electron chi connectivity index (χ0n) is 16.5. The van der Waals surface area contributed by atoms with E-state index in [2.05, 4.69) is 79.9 Å². The second-order valence-electron chi connectivity index (χ2n) is 8.15. The summed E-state index contributed by atoms with van der Waals surface area (Å²) in [5, 5.41) is 3.95. The SMILES string of the molecule is Cc1cccc(C)c1-c1cc2c3c(c1C)c1ccccc1c1ncc(n13)CC2. The summed E-state index contributed by atoms with van der Waals surface area (Å²) in [6, 6.07) is 17.8. The Balaban J connectivity index is 1.90. The Morgan fingerprint density at radius 2 is 1.61 bits per heavy atom. The molecule has 6 rings (SSSR count). The highest BCUT2D eigenvalue weighted by Gasteiger charge is 2.23. The molecule has 28 heavy (non-hydrogen) atoms. The Morgan fingerprint density at radius 1 is 0.857 bits per heavy atom. The largest absolute Gasteiger partial charge is 0.296 e. The van der Waals surface area contributed by atoms with Crippen molar-refractivity contribution in [2.24, 2.45) is 0 Å². The minimum Gasteiger partial charge on any atom is -0.296 e. The predicted octanol–water partition coefficient (Wildman–Crippen LogP) is 6.33. The Labute approximate surface area is 164 Å². The second-order valence-corrected chi connectivity index (χ2v) is 8.15. The van der Waals surface area contributed by atoms with E-state index in [-0.39, 0.29) is 0 Å². The van der Waals surface area contributed by atoms with Gasteiger partial charge in [0.25, 0.3) is 0 Å². The summed E-state index contributed by atoms with van der Waals surface area (Å²) >= 11 is 0. The van der Waals surface area contributed by atoms with Gasteiger partial charge < -0.3 is 0 Å². The topological polar surface area (TPSA) is 17.3 Å². The molecule has 0 N–H and O–H groups in total.